The molecule has 0 fully saturated rings. The van der Waals surface area contributed by atoms with Gasteiger partial charge in [-0.3, -0.25) is 0 Å². The smallest absolute Gasteiger partial charge is 0.309 e. The van der Waals surface area contributed by atoms with Crippen LogP contribution < -0.4 is 0 Å². The molecule has 2 aromatic carbocycles. The molecule has 0 amide bonds. The van der Waals surface area contributed by atoms with Crippen LogP contribution in [0.25, 0.3) is 11.4 Å². The predicted molar refractivity (Wildman–Crippen MR) is 86.0 cm³/mol. The second-order valence-corrected chi connectivity index (χ2v) is 5.95. The fraction of sp³-hybridized carbons (Fsp3) is 0.125. The molecule has 0 saturated heterocycles. The Labute approximate surface area is 149 Å². The molecule has 3 nitrogen and oxygen atoms in total. The number of hydrogen-bond acceptors (Lipinski definition) is 2. The van der Waals surface area contributed by atoms with Gasteiger partial charge in [-0.2, -0.15) is 13.2 Å². The average Bonchev–Trinajstić information content (AvgIpc) is 2.99. The van der Waals surface area contributed by atoms with Crippen LogP contribution in [0.2, 0.25) is 10.0 Å². The highest BCUT2D eigenvalue weighted by Gasteiger charge is 2.34. The number of alkyl halides is 3. The van der Waals surface area contributed by atoms with Gasteiger partial charge in [-0.05, 0) is 18.2 Å². The Morgan fingerprint density at radius 2 is 1.76 bits per heavy atom. The normalized spacial score (nSPS) is 11.8. The number of nitrogens with zero attached hydrogens (tertiary/aromatic N) is 3. The van der Waals surface area contributed by atoms with E-state index in [1.165, 1.54) is 17.0 Å². The van der Waals surface area contributed by atoms with Crippen molar-refractivity contribution in [1.29, 1.82) is 0 Å². The Balaban J connectivity index is 2.02. The maximum Gasteiger partial charge on any atom is 0.419 e. The number of benzene rings is 2. The van der Waals surface area contributed by atoms with Gasteiger partial charge in [0.25, 0.3) is 0 Å². The van der Waals surface area contributed by atoms with Crippen molar-refractivity contribution in [3.8, 4) is 11.4 Å². The van der Waals surface area contributed by atoms with Crippen molar-refractivity contribution in [2.24, 2.45) is 0 Å². The molecule has 0 aliphatic rings. The van der Waals surface area contributed by atoms with E-state index in [0.29, 0.717) is 16.7 Å². The third-order valence-corrected chi connectivity index (χ3v) is 4.35. The fourth-order valence-corrected chi connectivity index (χ4v) is 2.75. The van der Waals surface area contributed by atoms with Gasteiger partial charge in [0.15, 0.2) is 5.82 Å². The van der Waals surface area contributed by atoms with Crippen LogP contribution in [0, 0.1) is 5.82 Å². The molecule has 0 atom stereocenters. The minimum absolute atomic E-state index is 0.144. The minimum Gasteiger partial charge on any atom is -0.309 e. The van der Waals surface area contributed by atoms with E-state index < -0.39 is 17.6 Å². The minimum atomic E-state index is -4.77. The number of halogens is 6. The first kappa shape index (κ1) is 17.7. The van der Waals surface area contributed by atoms with Gasteiger partial charge in [-0.25, -0.2) is 4.39 Å². The van der Waals surface area contributed by atoms with Crippen molar-refractivity contribution in [1.82, 2.24) is 14.8 Å². The summed E-state index contributed by atoms with van der Waals surface area (Å²) >= 11 is 12.1. The second-order valence-electron chi connectivity index (χ2n) is 5.16. The van der Waals surface area contributed by atoms with E-state index in [4.69, 9.17) is 23.2 Å². The lowest BCUT2D eigenvalue weighted by Crippen LogP contribution is -2.11. The Bertz CT molecular complexity index is 922. The largest absolute Gasteiger partial charge is 0.419 e. The highest BCUT2D eigenvalue weighted by atomic mass is 35.5. The van der Waals surface area contributed by atoms with Crippen molar-refractivity contribution >= 4 is 23.2 Å². The summed E-state index contributed by atoms with van der Waals surface area (Å²) in [6, 6.07) is 7.98. The molecule has 1 aromatic heterocycles. The Morgan fingerprint density at radius 1 is 1.04 bits per heavy atom. The fourth-order valence-electron chi connectivity index (χ4n) is 2.36. The van der Waals surface area contributed by atoms with Crippen LogP contribution in [-0.2, 0) is 12.7 Å². The first-order valence-electron chi connectivity index (χ1n) is 6.96. The summed E-state index contributed by atoms with van der Waals surface area (Å²) in [6.45, 7) is -0.194. The zero-order valence-corrected chi connectivity index (χ0v) is 13.9. The van der Waals surface area contributed by atoms with E-state index in [-0.39, 0.29) is 23.0 Å². The van der Waals surface area contributed by atoms with Crippen molar-refractivity contribution in [2.45, 2.75) is 12.7 Å². The van der Waals surface area contributed by atoms with Crippen LogP contribution in [0.3, 0.4) is 0 Å². The monoisotopic (exact) mass is 389 g/mol. The van der Waals surface area contributed by atoms with E-state index in [1.54, 1.807) is 18.2 Å². The Morgan fingerprint density at radius 3 is 2.48 bits per heavy atom. The van der Waals surface area contributed by atoms with Crippen LogP contribution in [0.5, 0.6) is 0 Å². The molecule has 0 saturated carbocycles. The number of rotatable bonds is 3. The summed E-state index contributed by atoms with van der Waals surface area (Å²) < 4.78 is 54.2. The second kappa shape index (κ2) is 6.65. The SMILES string of the molecule is Fc1c(Cn2cnnc2-c2cccc(Cl)c2Cl)cccc1C(F)(F)F. The maximum atomic E-state index is 14.2. The third kappa shape index (κ3) is 3.48. The van der Waals surface area contributed by atoms with Crippen LogP contribution >= 0.6 is 23.2 Å². The Hall–Kier alpha value is -2.12. The number of aromatic nitrogens is 3. The van der Waals surface area contributed by atoms with Gasteiger partial charge in [0.05, 0.1) is 22.2 Å². The molecule has 0 N–H and O–H groups in total. The topological polar surface area (TPSA) is 30.7 Å². The van der Waals surface area contributed by atoms with Crippen LogP contribution in [0.15, 0.2) is 42.7 Å². The standard InChI is InChI=1S/C16H9Cl2F4N3/c17-12-6-2-4-10(13(12)18)15-24-23-8-25(15)7-9-3-1-5-11(14(9)19)16(20,21)22/h1-6,8H,7H2. The molecule has 0 unspecified atom stereocenters. The molecule has 0 radical (unpaired) electrons. The van der Waals surface area contributed by atoms with Gasteiger partial charge in [0.2, 0.25) is 0 Å². The Kier molecular flexibility index (Phi) is 4.71. The van der Waals surface area contributed by atoms with Gasteiger partial charge < -0.3 is 4.57 Å². The molecular formula is C16H9Cl2F4N3. The highest BCUT2D eigenvalue weighted by Crippen LogP contribution is 2.34. The molecule has 0 aliphatic carbocycles. The van der Waals surface area contributed by atoms with Gasteiger partial charge in [0, 0.05) is 11.1 Å². The summed E-state index contributed by atoms with van der Waals surface area (Å²) in [5.74, 6) is -1.06. The van der Waals surface area contributed by atoms with Crippen LogP contribution in [0.1, 0.15) is 11.1 Å². The molecule has 9 heteroatoms. The summed E-state index contributed by atoms with van der Waals surface area (Å²) in [7, 11) is 0. The molecule has 3 aromatic rings. The maximum absolute atomic E-state index is 14.2. The van der Waals surface area contributed by atoms with E-state index in [9.17, 15) is 17.6 Å². The van der Waals surface area contributed by atoms with Crippen molar-refractivity contribution in [2.75, 3.05) is 0 Å². The molecular weight excluding hydrogens is 381 g/mol. The third-order valence-electron chi connectivity index (χ3n) is 3.53. The molecule has 25 heavy (non-hydrogen) atoms. The van der Waals surface area contributed by atoms with E-state index >= 15 is 0 Å². The first-order chi connectivity index (χ1) is 11.8. The quantitative estimate of drug-likeness (QED) is 0.557. The molecule has 0 bridgehead atoms. The van der Waals surface area contributed by atoms with Gasteiger partial charge in [-0.15, -0.1) is 10.2 Å². The molecule has 1 heterocycles. The average molecular weight is 390 g/mol. The van der Waals surface area contributed by atoms with Crippen molar-refractivity contribution in [3.05, 3.63) is 69.7 Å². The van der Waals surface area contributed by atoms with Crippen LogP contribution in [-0.4, -0.2) is 14.8 Å². The van der Waals surface area contributed by atoms with Crippen molar-refractivity contribution in [3.63, 3.8) is 0 Å². The number of hydrogen-bond donors (Lipinski definition) is 0. The summed E-state index contributed by atoms with van der Waals surface area (Å²) in [5.41, 5.74) is -1.02. The summed E-state index contributed by atoms with van der Waals surface area (Å²) in [6.07, 6.45) is -3.49. The molecule has 3 rings (SSSR count). The lowest BCUT2D eigenvalue weighted by Gasteiger charge is -2.13. The molecule has 130 valence electrons. The van der Waals surface area contributed by atoms with E-state index in [1.807, 2.05) is 0 Å². The summed E-state index contributed by atoms with van der Waals surface area (Å²) in [4.78, 5) is 0. The first-order valence-corrected chi connectivity index (χ1v) is 7.71. The lowest BCUT2D eigenvalue weighted by molar-refractivity contribution is -0.140. The zero-order valence-electron chi connectivity index (χ0n) is 12.4. The van der Waals surface area contributed by atoms with Gasteiger partial charge >= 0.3 is 6.18 Å². The zero-order chi connectivity index (χ0) is 18.2. The van der Waals surface area contributed by atoms with Gasteiger partial charge in [-0.1, -0.05) is 41.4 Å². The predicted octanol–water partition coefficient (Wildman–Crippen LogP) is 5.46. The van der Waals surface area contributed by atoms with Crippen LogP contribution in [0.4, 0.5) is 17.6 Å². The molecule has 0 aliphatic heterocycles. The highest BCUT2D eigenvalue weighted by molar-refractivity contribution is 6.43. The van der Waals surface area contributed by atoms with E-state index in [0.717, 1.165) is 6.07 Å². The van der Waals surface area contributed by atoms with Gasteiger partial charge in [0.1, 0.15) is 12.1 Å². The van der Waals surface area contributed by atoms with E-state index in [2.05, 4.69) is 10.2 Å². The van der Waals surface area contributed by atoms with Crippen molar-refractivity contribution < 1.29 is 17.6 Å². The summed E-state index contributed by atoms with van der Waals surface area (Å²) in [5, 5.41) is 8.16. The molecule has 0 spiro atoms. The lowest BCUT2D eigenvalue weighted by atomic mass is 10.1.